The number of phenols is 2. The van der Waals surface area contributed by atoms with Crippen LogP contribution in [0.5, 0.6) is 17.2 Å². The van der Waals surface area contributed by atoms with Gasteiger partial charge in [0, 0.05) is 21.9 Å². The molecule has 1 aliphatic carbocycles. The third kappa shape index (κ3) is 6.64. The second-order valence-electron chi connectivity index (χ2n) is 13.0. The fourth-order valence-corrected chi connectivity index (χ4v) is 8.63. The molecule has 0 saturated heterocycles. The van der Waals surface area contributed by atoms with Crippen molar-refractivity contribution in [1.29, 1.82) is 0 Å². The van der Waals surface area contributed by atoms with E-state index in [0.29, 0.717) is 68.3 Å². The Hall–Kier alpha value is -4.15. The van der Waals surface area contributed by atoms with E-state index < -0.39 is 34.2 Å². The van der Waals surface area contributed by atoms with Crippen LogP contribution in [-0.2, 0) is 49.8 Å². The normalized spacial score (nSPS) is 13.3. The lowest BCUT2D eigenvalue weighted by Gasteiger charge is -2.24. The van der Waals surface area contributed by atoms with E-state index >= 15 is 0 Å². The summed E-state index contributed by atoms with van der Waals surface area (Å²) in [7, 11) is -2.42. The van der Waals surface area contributed by atoms with Gasteiger partial charge in [-0.15, -0.1) is 0 Å². The summed E-state index contributed by atoms with van der Waals surface area (Å²) in [5.74, 6) is -0.687. The first-order chi connectivity index (χ1) is 25.0. The van der Waals surface area contributed by atoms with Gasteiger partial charge in [-0.3, -0.25) is 13.8 Å². The molecule has 14 heteroatoms. The van der Waals surface area contributed by atoms with E-state index in [1.807, 2.05) is 13.0 Å². The molecular weight excluding hydrogens is 696 g/mol. The van der Waals surface area contributed by atoms with Gasteiger partial charge < -0.3 is 39.7 Å². The van der Waals surface area contributed by atoms with E-state index in [0.717, 1.165) is 5.57 Å². The minimum atomic E-state index is -3.81. The van der Waals surface area contributed by atoms with Gasteiger partial charge in [-0.1, -0.05) is 18.1 Å². The quantitative estimate of drug-likeness (QED) is 0.0379. The lowest BCUT2D eigenvalue weighted by atomic mass is 9.80. The van der Waals surface area contributed by atoms with E-state index in [1.54, 1.807) is 0 Å². The number of benzene rings is 5. The van der Waals surface area contributed by atoms with E-state index in [2.05, 4.69) is 0 Å². The van der Waals surface area contributed by atoms with Crippen LogP contribution < -0.4 is 15.6 Å². The number of phenolic OH excluding ortho intramolecular Hbond substituents is 2. The zero-order valence-electron chi connectivity index (χ0n) is 29.0. The van der Waals surface area contributed by atoms with Gasteiger partial charge in [0.1, 0.15) is 5.75 Å². The Bertz CT molecular complexity index is 2400. The number of hydrogen-bond donors (Lipinski definition) is 5. The molecule has 0 radical (unpaired) electrons. The highest BCUT2D eigenvalue weighted by Crippen LogP contribution is 2.53. The molecule has 1 aliphatic rings. The summed E-state index contributed by atoms with van der Waals surface area (Å²) in [5, 5.41) is 55.8. The first-order valence-corrected chi connectivity index (χ1v) is 18.7. The van der Waals surface area contributed by atoms with Crippen LogP contribution in [0.3, 0.4) is 0 Å². The van der Waals surface area contributed by atoms with Crippen molar-refractivity contribution in [3.05, 3.63) is 66.0 Å². The van der Waals surface area contributed by atoms with Crippen molar-refractivity contribution in [2.24, 2.45) is 0 Å². The SMILES string of the molecule is COc1c(O)c2c(=O)cc(CO)c3c4c(CO)cc(=O)c5c(O)c(CCCCCS(=O)(=O)OCCOCCOCCO)c6c(c(c1CC(C)=C6)c23)c54. The predicted molar refractivity (Wildman–Crippen MR) is 196 cm³/mol. The van der Waals surface area contributed by atoms with E-state index in [4.69, 9.17) is 23.5 Å². The number of aromatic hydroxyl groups is 2. The molecular formula is C38H42O13S. The molecule has 52 heavy (non-hydrogen) atoms. The van der Waals surface area contributed by atoms with Crippen molar-refractivity contribution >= 4 is 59.3 Å². The first kappa shape index (κ1) is 37.6. The fraction of sp³-hybridized carbons (Fsp3) is 0.421. The molecule has 13 nitrogen and oxygen atoms in total. The van der Waals surface area contributed by atoms with Crippen LogP contribution in [0.25, 0.3) is 49.2 Å². The van der Waals surface area contributed by atoms with Gasteiger partial charge in [0.05, 0.1) is 76.5 Å². The maximum atomic E-state index is 13.8. The summed E-state index contributed by atoms with van der Waals surface area (Å²) in [6, 6.07) is 2.48. The van der Waals surface area contributed by atoms with Crippen LogP contribution in [0.2, 0.25) is 0 Å². The average Bonchev–Trinajstić information content (AvgIpc) is 3.26. The number of aliphatic hydroxyl groups excluding tert-OH is 3. The fourth-order valence-electron chi connectivity index (χ4n) is 7.63. The van der Waals surface area contributed by atoms with E-state index in [9.17, 15) is 38.4 Å². The monoisotopic (exact) mass is 738 g/mol. The highest BCUT2D eigenvalue weighted by atomic mass is 32.2. The Morgan fingerprint density at radius 3 is 1.92 bits per heavy atom. The molecule has 0 saturated carbocycles. The molecule has 5 N–H and O–H groups in total. The lowest BCUT2D eigenvalue weighted by Crippen LogP contribution is -2.16. The van der Waals surface area contributed by atoms with Gasteiger partial charge in [0.2, 0.25) is 0 Å². The van der Waals surface area contributed by atoms with Gasteiger partial charge in [-0.05, 0) is 83.0 Å². The van der Waals surface area contributed by atoms with E-state index in [1.165, 1.54) is 19.2 Å². The van der Waals surface area contributed by atoms with Crippen molar-refractivity contribution in [1.82, 2.24) is 0 Å². The van der Waals surface area contributed by atoms with Gasteiger partial charge in [0.25, 0.3) is 10.1 Å². The van der Waals surface area contributed by atoms with Crippen LogP contribution in [0.1, 0.15) is 54.0 Å². The summed E-state index contributed by atoms with van der Waals surface area (Å²) in [6.07, 6.45) is 3.68. The number of fused-ring (bicyclic) bond motifs is 1. The highest BCUT2D eigenvalue weighted by molar-refractivity contribution is 7.86. The van der Waals surface area contributed by atoms with Crippen LogP contribution in [0.4, 0.5) is 0 Å². The Kier molecular flexibility index (Phi) is 11.2. The zero-order chi connectivity index (χ0) is 37.3. The molecule has 0 amide bonds. The van der Waals surface area contributed by atoms with Gasteiger partial charge >= 0.3 is 0 Å². The zero-order valence-corrected chi connectivity index (χ0v) is 29.9. The molecule has 5 aromatic carbocycles. The molecule has 5 aromatic rings. The van der Waals surface area contributed by atoms with Gasteiger partial charge in [-0.2, -0.15) is 8.42 Å². The predicted octanol–water partition coefficient (Wildman–Crippen LogP) is 3.34. The maximum Gasteiger partial charge on any atom is 0.267 e. The van der Waals surface area contributed by atoms with Crippen molar-refractivity contribution < 1.29 is 52.3 Å². The van der Waals surface area contributed by atoms with Crippen molar-refractivity contribution in [3.63, 3.8) is 0 Å². The molecule has 0 aliphatic heterocycles. The number of allylic oxidation sites excluding steroid dienone is 1. The standard InChI is InChI=1S/C38H42O13S/c1-20-14-24-23(6-4-3-5-13-52(46,47)51-12-11-50-10-9-49-8-7-39)36(44)32-26(42)16-21(18-40)28-29-22(19-41)17-27(43)33-35(29)31(30(24)34(28)32)25(15-20)38(48-2)37(33)45/h14,16-17,39-41,44-45H,3-13,15,18-19H2,1-2H3. The lowest BCUT2D eigenvalue weighted by molar-refractivity contribution is 0.0252. The molecule has 0 atom stereocenters. The molecule has 0 aromatic heterocycles. The third-order valence-corrected chi connectivity index (χ3v) is 11.0. The molecule has 0 unspecified atom stereocenters. The number of aliphatic hydroxyl groups is 3. The van der Waals surface area contributed by atoms with Gasteiger partial charge in [0.15, 0.2) is 22.4 Å². The van der Waals surface area contributed by atoms with Crippen LogP contribution in [0, 0.1) is 0 Å². The van der Waals surface area contributed by atoms with Crippen LogP contribution in [-0.4, -0.2) is 86.5 Å². The van der Waals surface area contributed by atoms with Crippen molar-refractivity contribution in [2.75, 3.05) is 52.5 Å². The summed E-state index contributed by atoms with van der Waals surface area (Å²) in [4.78, 5) is 27.4. The Balaban J connectivity index is 1.41. The summed E-state index contributed by atoms with van der Waals surface area (Å²) >= 11 is 0. The molecule has 6 rings (SSSR count). The largest absolute Gasteiger partial charge is 0.507 e. The Morgan fingerprint density at radius 2 is 1.31 bits per heavy atom. The smallest absolute Gasteiger partial charge is 0.267 e. The van der Waals surface area contributed by atoms with Gasteiger partial charge in [-0.25, -0.2) is 0 Å². The highest BCUT2D eigenvalue weighted by Gasteiger charge is 2.32. The van der Waals surface area contributed by atoms with E-state index in [-0.39, 0.29) is 97.4 Å². The maximum absolute atomic E-state index is 13.8. The van der Waals surface area contributed by atoms with Crippen LogP contribution in [0.15, 0.2) is 27.3 Å². The Morgan fingerprint density at radius 1 is 0.712 bits per heavy atom. The molecule has 0 bridgehead atoms. The third-order valence-electron chi connectivity index (χ3n) is 9.70. The topological polar surface area (TPSA) is 206 Å². The minimum absolute atomic E-state index is 0.0149. The summed E-state index contributed by atoms with van der Waals surface area (Å²) in [5.41, 5.74) is 1.94. The Labute approximate surface area is 299 Å². The van der Waals surface area contributed by atoms with Crippen molar-refractivity contribution in [2.45, 2.75) is 52.2 Å². The summed E-state index contributed by atoms with van der Waals surface area (Å²) < 4.78 is 46.0. The number of rotatable bonds is 18. The molecule has 0 spiro atoms. The van der Waals surface area contributed by atoms with Crippen molar-refractivity contribution in [3.8, 4) is 17.2 Å². The number of unbranched alkanes of at least 4 members (excludes halogenated alkanes) is 2. The first-order valence-electron chi connectivity index (χ1n) is 17.1. The molecule has 0 heterocycles. The number of ether oxygens (including phenoxy) is 3. The molecule has 0 fully saturated rings. The molecule has 278 valence electrons. The minimum Gasteiger partial charge on any atom is -0.507 e. The second-order valence-corrected chi connectivity index (χ2v) is 14.8. The van der Waals surface area contributed by atoms with Crippen LogP contribution >= 0.6 is 0 Å². The average molecular weight is 739 g/mol. The number of hydrogen-bond acceptors (Lipinski definition) is 13. The second kappa shape index (κ2) is 15.4. The summed E-state index contributed by atoms with van der Waals surface area (Å²) in [6.45, 7) is 1.35. The number of methoxy groups -OCH3 is 1.